The topological polar surface area (TPSA) is 98.9 Å². The Kier molecular flexibility index (Phi) is 5.28. The lowest BCUT2D eigenvalue weighted by Crippen LogP contribution is -2.40. The Morgan fingerprint density at radius 1 is 1.31 bits per heavy atom. The molecule has 26 heavy (non-hydrogen) atoms. The highest BCUT2D eigenvalue weighted by Gasteiger charge is 2.26. The number of hydrogen-bond donors (Lipinski definition) is 0. The van der Waals surface area contributed by atoms with Gasteiger partial charge in [-0.25, -0.2) is 8.42 Å². The molecule has 1 aromatic carbocycles. The Morgan fingerprint density at radius 2 is 2.04 bits per heavy atom. The maximum absolute atomic E-state index is 12.5. The number of aromatic nitrogens is 1. The van der Waals surface area contributed by atoms with Crippen molar-refractivity contribution < 1.29 is 27.2 Å². The molecule has 140 valence electrons. The molecule has 3 rings (SSSR count). The fourth-order valence-electron chi connectivity index (χ4n) is 2.62. The smallest absolute Gasteiger partial charge is 0.276 e. The van der Waals surface area contributed by atoms with Crippen LogP contribution < -0.4 is 4.74 Å². The standard InChI is InChI=1S/C17H20N2O6S/c1-12-9-16(18-25-12)17(20)19-7-8-23-11-14(10-19)24-13-3-5-15(6-4-13)26(2,21)22/h3-6,9,14H,7-8,10-11H2,1-2H3/t14-/m1/s1. The van der Waals surface area contributed by atoms with Gasteiger partial charge in [-0.3, -0.25) is 4.79 Å². The molecule has 0 spiro atoms. The minimum atomic E-state index is -3.26. The van der Waals surface area contributed by atoms with Crippen LogP contribution in [0.4, 0.5) is 0 Å². The molecule has 0 aliphatic carbocycles. The van der Waals surface area contributed by atoms with Crippen molar-refractivity contribution in [2.24, 2.45) is 0 Å². The highest BCUT2D eigenvalue weighted by atomic mass is 32.2. The van der Waals surface area contributed by atoms with Crippen LogP contribution in [0.2, 0.25) is 0 Å². The van der Waals surface area contributed by atoms with E-state index >= 15 is 0 Å². The van der Waals surface area contributed by atoms with Crippen LogP contribution in [0.5, 0.6) is 5.75 Å². The third-order valence-electron chi connectivity index (χ3n) is 3.92. The Morgan fingerprint density at radius 3 is 2.65 bits per heavy atom. The molecule has 0 saturated carbocycles. The van der Waals surface area contributed by atoms with Crippen molar-refractivity contribution in [3.8, 4) is 5.75 Å². The Balaban J connectivity index is 1.68. The number of sulfone groups is 1. The molecule has 2 aromatic rings. The third-order valence-corrected chi connectivity index (χ3v) is 5.05. The molecule has 1 saturated heterocycles. The first-order valence-electron chi connectivity index (χ1n) is 8.10. The van der Waals surface area contributed by atoms with Gasteiger partial charge in [0.1, 0.15) is 17.6 Å². The number of hydrogen-bond acceptors (Lipinski definition) is 7. The average Bonchev–Trinajstić information content (AvgIpc) is 2.89. The summed E-state index contributed by atoms with van der Waals surface area (Å²) in [6.45, 7) is 3.21. The summed E-state index contributed by atoms with van der Waals surface area (Å²) >= 11 is 0. The van der Waals surface area contributed by atoms with E-state index in [0.29, 0.717) is 37.8 Å². The first-order valence-corrected chi connectivity index (χ1v) is 9.99. The lowest BCUT2D eigenvalue weighted by atomic mass is 10.3. The quantitative estimate of drug-likeness (QED) is 0.788. The summed E-state index contributed by atoms with van der Waals surface area (Å²) in [7, 11) is -3.26. The fourth-order valence-corrected chi connectivity index (χ4v) is 3.25. The molecule has 0 bridgehead atoms. The van der Waals surface area contributed by atoms with Gasteiger partial charge in [-0.05, 0) is 31.2 Å². The monoisotopic (exact) mass is 380 g/mol. The maximum atomic E-state index is 12.5. The van der Waals surface area contributed by atoms with Gasteiger partial charge in [0.25, 0.3) is 5.91 Å². The molecule has 1 fully saturated rings. The van der Waals surface area contributed by atoms with Crippen LogP contribution in [0, 0.1) is 6.92 Å². The van der Waals surface area contributed by atoms with Crippen LogP contribution in [0.3, 0.4) is 0 Å². The molecular formula is C17H20N2O6S. The highest BCUT2D eigenvalue weighted by Crippen LogP contribution is 2.18. The van der Waals surface area contributed by atoms with Crippen molar-refractivity contribution in [3.63, 3.8) is 0 Å². The van der Waals surface area contributed by atoms with E-state index in [1.54, 1.807) is 30.0 Å². The van der Waals surface area contributed by atoms with E-state index in [1.807, 2.05) is 0 Å². The van der Waals surface area contributed by atoms with E-state index in [4.69, 9.17) is 14.0 Å². The number of rotatable bonds is 4. The van der Waals surface area contributed by atoms with Gasteiger partial charge < -0.3 is 18.9 Å². The van der Waals surface area contributed by atoms with Crippen LogP contribution in [0.25, 0.3) is 0 Å². The Labute approximate surface area is 151 Å². The van der Waals surface area contributed by atoms with Gasteiger partial charge in [0.15, 0.2) is 15.5 Å². The summed E-state index contributed by atoms with van der Waals surface area (Å²) in [5.74, 6) is 0.837. The summed E-state index contributed by atoms with van der Waals surface area (Å²) in [6.07, 6.45) is 0.774. The molecule has 8 nitrogen and oxygen atoms in total. The van der Waals surface area contributed by atoms with E-state index < -0.39 is 9.84 Å². The predicted octanol–water partition coefficient (Wildman–Crippen LogP) is 1.31. The lowest BCUT2D eigenvalue weighted by molar-refractivity contribution is 0.0646. The predicted molar refractivity (Wildman–Crippen MR) is 91.9 cm³/mol. The molecule has 2 heterocycles. The van der Waals surface area contributed by atoms with Crippen LogP contribution in [0.1, 0.15) is 16.2 Å². The number of benzene rings is 1. The average molecular weight is 380 g/mol. The number of amides is 1. The van der Waals surface area contributed by atoms with E-state index in [1.165, 1.54) is 12.1 Å². The van der Waals surface area contributed by atoms with Crippen LogP contribution in [0.15, 0.2) is 39.8 Å². The van der Waals surface area contributed by atoms with Gasteiger partial charge >= 0.3 is 0 Å². The highest BCUT2D eigenvalue weighted by molar-refractivity contribution is 7.90. The molecule has 1 aliphatic heterocycles. The van der Waals surface area contributed by atoms with Gasteiger partial charge in [-0.1, -0.05) is 5.16 Å². The molecule has 1 aliphatic rings. The van der Waals surface area contributed by atoms with Gasteiger partial charge in [-0.2, -0.15) is 0 Å². The second-order valence-electron chi connectivity index (χ2n) is 6.13. The molecule has 1 aromatic heterocycles. The normalized spacial score (nSPS) is 18.4. The molecule has 0 unspecified atom stereocenters. The number of ether oxygens (including phenoxy) is 2. The van der Waals surface area contributed by atoms with Crippen molar-refractivity contribution in [1.29, 1.82) is 0 Å². The van der Waals surface area contributed by atoms with Gasteiger partial charge in [0.2, 0.25) is 0 Å². The van der Waals surface area contributed by atoms with Gasteiger partial charge in [0.05, 0.1) is 24.7 Å². The van der Waals surface area contributed by atoms with E-state index in [9.17, 15) is 13.2 Å². The van der Waals surface area contributed by atoms with E-state index in [-0.39, 0.29) is 22.6 Å². The molecule has 0 N–H and O–H groups in total. The van der Waals surface area contributed by atoms with Crippen molar-refractivity contribution in [2.45, 2.75) is 17.9 Å². The summed E-state index contributed by atoms with van der Waals surface area (Å²) in [6, 6.07) is 7.75. The maximum Gasteiger partial charge on any atom is 0.276 e. The fraction of sp³-hybridized carbons (Fsp3) is 0.412. The summed E-state index contributed by atoms with van der Waals surface area (Å²) < 4.78 is 39.4. The molecule has 9 heteroatoms. The SMILES string of the molecule is Cc1cc(C(=O)N2CCOC[C@H](Oc3ccc(S(C)(=O)=O)cc3)C2)no1. The number of carbonyl (C=O) groups excluding carboxylic acids is 1. The van der Waals surface area contributed by atoms with E-state index in [0.717, 1.165) is 6.26 Å². The summed E-state index contributed by atoms with van der Waals surface area (Å²) in [5, 5.41) is 3.76. The lowest BCUT2D eigenvalue weighted by Gasteiger charge is -2.23. The van der Waals surface area contributed by atoms with Crippen LogP contribution in [-0.4, -0.2) is 63.0 Å². The van der Waals surface area contributed by atoms with Crippen molar-refractivity contribution in [1.82, 2.24) is 10.1 Å². The second-order valence-corrected chi connectivity index (χ2v) is 8.15. The molecule has 1 amide bonds. The molecule has 1 atom stereocenters. The minimum absolute atomic E-state index is 0.222. The second kappa shape index (κ2) is 7.46. The zero-order valence-corrected chi connectivity index (χ0v) is 15.4. The Hall–Kier alpha value is -2.39. The zero-order chi connectivity index (χ0) is 18.7. The number of carbonyl (C=O) groups is 1. The van der Waals surface area contributed by atoms with Crippen molar-refractivity contribution in [3.05, 3.63) is 41.8 Å². The third kappa shape index (κ3) is 4.41. The first-order chi connectivity index (χ1) is 12.3. The molecule has 0 radical (unpaired) electrons. The van der Waals surface area contributed by atoms with Crippen LogP contribution >= 0.6 is 0 Å². The summed E-state index contributed by atoms with van der Waals surface area (Å²) in [5.41, 5.74) is 0.251. The Bertz CT molecular complexity index is 875. The largest absolute Gasteiger partial charge is 0.486 e. The number of nitrogens with zero attached hydrogens (tertiary/aromatic N) is 2. The zero-order valence-electron chi connectivity index (χ0n) is 14.5. The summed E-state index contributed by atoms with van der Waals surface area (Å²) in [4.78, 5) is 14.4. The first kappa shape index (κ1) is 18.4. The number of aryl methyl sites for hydroxylation is 1. The van der Waals surface area contributed by atoms with Crippen LogP contribution in [-0.2, 0) is 14.6 Å². The van der Waals surface area contributed by atoms with Crippen molar-refractivity contribution in [2.75, 3.05) is 32.6 Å². The van der Waals surface area contributed by atoms with Gasteiger partial charge in [-0.15, -0.1) is 0 Å². The molecular weight excluding hydrogens is 360 g/mol. The van der Waals surface area contributed by atoms with E-state index in [2.05, 4.69) is 5.16 Å². The van der Waals surface area contributed by atoms with Crippen molar-refractivity contribution >= 4 is 15.7 Å². The minimum Gasteiger partial charge on any atom is -0.486 e. The van der Waals surface area contributed by atoms with Gasteiger partial charge in [0, 0.05) is 18.9 Å².